The molecule has 0 saturated carbocycles. The minimum Gasteiger partial charge on any atom is -0.490 e. The Morgan fingerprint density at radius 1 is 1.48 bits per heavy atom. The number of amides is 1. The quantitative estimate of drug-likeness (QED) is 0.697. The van der Waals surface area contributed by atoms with Crippen LogP contribution in [0.25, 0.3) is 10.7 Å². The van der Waals surface area contributed by atoms with Crippen LogP contribution in [0.1, 0.15) is 6.92 Å². The number of carbonyl (C=O) groups is 1. The second-order valence-electron chi connectivity index (χ2n) is 6.53. The van der Waals surface area contributed by atoms with Crippen molar-refractivity contribution in [1.82, 2.24) is 9.55 Å². The molecule has 0 spiro atoms. The first-order chi connectivity index (χ1) is 13.9. The lowest BCUT2D eigenvalue weighted by atomic mass is 10.3. The van der Waals surface area contributed by atoms with Crippen LogP contribution in [0.3, 0.4) is 0 Å². The monoisotopic (exact) mass is 425 g/mol. The van der Waals surface area contributed by atoms with Gasteiger partial charge in [-0.1, -0.05) is 0 Å². The molecule has 0 aromatic carbocycles. The molecule has 3 N–H and O–H groups in total. The first-order valence-corrected chi connectivity index (χ1v) is 9.56. The first-order valence-electron chi connectivity index (χ1n) is 8.74. The van der Waals surface area contributed by atoms with Crippen LogP contribution in [0.15, 0.2) is 18.1 Å². The molecule has 29 heavy (non-hydrogen) atoms. The molecule has 12 heteroatoms. The van der Waals surface area contributed by atoms with E-state index in [4.69, 9.17) is 15.2 Å². The Balaban J connectivity index is 1.72. The molecule has 154 valence electrons. The molecule has 2 aromatic heterocycles. The number of nitrogens with one attached hydrogen (secondary N) is 1. The number of nitrogens with two attached hydrogens (primary N) is 1. The highest BCUT2D eigenvalue weighted by Gasteiger charge is 2.40. The minimum absolute atomic E-state index is 0.169. The Morgan fingerprint density at radius 3 is 2.97 bits per heavy atom. The molecule has 2 aliphatic heterocycles. The molecule has 4 rings (SSSR count). The number of aromatic nitrogens is 2. The topological polar surface area (TPSA) is 112 Å². The van der Waals surface area contributed by atoms with Crippen LogP contribution in [-0.4, -0.2) is 53.1 Å². The van der Waals surface area contributed by atoms with Crippen molar-refractivity contribution >= 4 is 34.0 Å². The van der Waals surface area contributed by atoms with E-state index in [0.29, 0.717) is 34.6 Å². The number of rotatable bonds is 5. The number of hydrogen-bond donors (Lipinski definition) is 2. The van der Waals surface area contributed by atoms with E-state index in [2.05, 4.69) is 10.3 Å². The minimum atomic E-state index is -2.73. The maximum Gasteiger partial charge on any atom is 0.284 e. The van der Waals surface area contributed by atoms with Crippen LogP contribution in [0.5, 0.6) is 5.75 Å². The van der Waals surface area contributed by atoms with Gasteiger partial charge < -0.3 is 25.1 Å². The summed E-state index contributed by atoms with van der Waals surface area (Å²) >= 11 is 1.30. The number of fused-ring (bicyclic) bond motifs is 3. The molecule has 9 nitrogen and oxygen atoms in total. The molecule has 2 aliphatic rings. The average Bonchev–Trinajstić information content (AvgIpc) is 3.36. The normalized spacial score (nSPS) is 19.0. The predicted octanol–water partition coefficient (Wildman–Crippen LogP) is 1.43. The van der Waals surface area contributed by atoms with E-state index in [1.54, 1.807) is 29.7 Å². The number of hydrogen-bond acceptors (Lipinski definition) is 8. The number of carbonyl (C=O) groups excluding carboxylic acids is 2. The van der Waals surface area contributed by atoms with Crippen molar-refractivity contribution in [2.45, 2.75) is 32.0 Å². The van der Waals surface area contributed by atoms with Gasteiger partial charge in [0.05, 0.1) is 11.5 Å². The molecule has 4 heterocycles. The van der Waals surface area contributed by atoms with Gasteiger partial charge >= 0.3 is 0 Å². The zero-order valence-electron chi connectivity index (χ0n) is 15.2. The molecule has 2 aromatic rings. The van der Waals surface area contributed by atoms with E-state index >= 15 is 0 Å². The number of primary amides is 1. The molecule has 1 amide bonds. The number of ether oxygens (including phenoxy) is 2. The van der Waals surface area contributed by atoms with Gasteiger partial charge in [-0.2, -0.15) is 0 Å². The molecular formula is C17H17F2N5O4S. The van der Waals surface area contributed by atoms with Gasteiger partial charge in [0.15, 0.2) is 17.6 Å². The van der Waals surface area contributed by atoms with Gasteiger partial charge in [0.2, 0.25) is 5.91 Å². The molecule has 0 bridgehead atoms. The number of halogens is 2. The van der Waals surface area contributed by atoms with Crippen molar-refractivity contribution in [3.8, 4) is 16.5 Å². The van der Waals surface area contributed by atoms with Gasteiger partial charge in [-0.15, -0.1) is 11.3 Å². The van der Waals surface area contributed by atoms with Crippen molar-refractivity contribution < 1.29 is 27.8 Å². The maximum absolute atomic E-state index is 13.4. The summed E-state index contributed by atoms with van der Waals surface area (Å²) in [5.41, 5.74) is 5.29. The zero-order valence-corrected chi connectivity index (χ0v) is 16.0. The summed E-state index contributed by atoms with van der Waals surface area (Å²) in [5, 5.41) is 3.65. The number of anilines is 2. The van der Waals surface area contributed by atoms with Gasteiger partial charge in [-0.25, -0.2) is 18.6 Å². The molecule has 0 radical (unpaired) electrons. The van der Waals surface area contributed by atoms with Gasteiger partial charge in [0.25, 0.3) is 12.3 Å². The van der Waals surface area contributed by atoms with Crippen molar-refractivity contribution in [2.75, 3.05) is 23.4 Å². The van der Waals surface area contributed by atoms with Crippen LogP contribution in [-0.2, 0) is 20.9 Å². The van der Waals surface area contributed by atoms with Crippen molar-refractivity contribution in [2.24, 2.45) is 5.73 Å². The second-order valence-corrected chi connectivity index (χ2v) is 7.58. The lowest BCUT2D eigenvalue weighted by Gasteiger charge is -2.19. The average molecular weight is 425 g/mol. The van der Waals surface area contributed by atoms with E-state index in [1.165, 1.54) is 11.3 Å². The van der Waals surface area contributed by atoms with E-state index in [1.807, 2.05) is 0 Å². The summed E-state index contributed by atoms with van der Waals surface area (Å²) < 4.78 is 39.4. The second kappa shape index (κ2) is 7.37. The number of thiophene rings is 1. The number of nitrogens with zero attached hydrogens (tertiary/aromatic N) is 3. The number of imidazole rings is 1. The zero-order chi connectivity index (χ0) is 20.7. The Morgan fingerprint density at radius 2 is 2.28 bits per heavy atom. The predicted molar refractivity (Wildman–Crippen MR) is 101 cm³/mol. The largest absolute Gasteiger partial charge is 0.490 e. The highest BCUT2D eigenvalue weighted by Crippen LogP contribution is 2.43. The lowest BCUT2D eigenvalue weighted by Crippen LogP contribution is -2.36. The summed E-state index contributed by atoms with van der Waals surface area (Å²) in [6, 6.07) is -0.166. The summed E-state index contributed by atoms with van der Waals surface area (Å²) in [6.45, 7) is 2.09. The Labute approximate surface area is 167 Å². The smallest absolute Gasteiger partial charge is 0.284 e. The van der Waals surface area contributed by atoms with Gasteiger partial charge in [-0.3, -0.25) is 9.69 Å². The lowest BCUT2D eigenvalue weighted by molar-refractivity contribution is -0.118. The number of alkyl halides is 2. The molecule has 0 aliphatic carbocycles. The van der Waals surface area contributed by atoms with E-state index < -0.39 is 24.4 Å². The van der Waals surface area contributed by atoms with Crippen molar-refractivity contribution in [3.63, 3.8) is 0 Å². The van der Waals surface area contributed by atoms with Crippen molar-refractivity contribution in [1.29, 1.82) is 0 Å². The fourth-order valence-electron chi connectivity index (χ4n) is 3.11. The Kier molecular flexibility index (Phi) is 4.89. The summed E-state index contributed by atoms with van der Waals surface area (Å²) in [6.07, 6.45) is -1.15. The third kappa shape index (κ3) is 3.40. The third-order valence-corrected chi connectivity index (χ3v) is 5.65. The fraction of sp³-hybridized carbons (Fsp3) is 0.412. The van der Waals surface area contributed by atoms with Crippen LogP contribution < -0.4 is 20.7 Å². The van der Waals surface area contributed by atoms with Crippen LogP contribution in [0.2, 0.25) is 0 Å². The van der Waals surface area contributed by atoms with Gasteiger partial charge in [0, 0.05) is 12.3 Å². The highest BCUT2D eigenvalue weighted by molar-refractivity contribution is 7.19. The molecule has 1 fully saturated rings. The van der Waals surface area contributed by atoms with Gasteiger partial charge in [0.1, 0.15) is 35.9 Å². The van der Waals surface area contributed by atoms with Crippen LogP contribution in [0.4, 0.5) is 19.6 Å². The van der Waals surface area contributed by atoms with Gasteiger partial charge in [-0.05, 0) is 6.92 Å². The molecule has 2 atom stereocenters. The molecule has 0 unspecified atom stereocenters. The first kappa shape index (κ1) is 19.2. The SMILES string of the molecule is C[C@H](Nc1cc2c(s1)-c1nc(N3C(=C=O)OC[C@H]3C(F)F)cn1CCO2)C(N)=O. The van der Waals surface area contributed by atoms with E-state index in [0.717, 1.165) is 4.90 Å². The fourth-order valence-corrected chi connectivity index (χ4v) is 4.21. The molecule has 1 saturated heterocycles. The Hall–Kier alpha value is -3.11. The third-order valence-electron chi connectivity index (χ3n) is 4.61. The van der Waals surface area contributed by atoms with E-state index in [-0.39, 0.29) is 18.3 Å². The van der Waals surface area contributed by atoms with E-state index in [9.17, 15) is 18.4 Å². The summed E-state index contributed by atoms with van der Waals surface area (Å²) in [4.78, 5) is 28.7. The summed E-state index contributed by atoms with van der Waals surface area (Å²) in [5.74, 6) is 1.97. The van der Waals surface area contributed by atoms with Crippen molar-refractivity contribution in [3.05, 3.63) is 18.1 Å². The molecular weight excluding hydrogens is 408 g/mol. The standard InChI is InChI=1S/C17H17F2N5O4S/c1-8(16(20)26)21-12-4-10-14(29-12)17-22-11(5-23(17)2-3-27-10)24-9(15(18)19)7-28-13(24)6-25/h4-5,8-9,15,21H,2-3,7H2,1H3,(H2,20,26)/t8-,9-/m0/s1. The Bertz CT molecular complexity index is 1000. The van der Waals surface area contributed by atoms with Crippen LogP contribution in [0, 0.1) is 0 Å². The maximum atomic E-state index is 13.4. The highest BCUT2D eigenvalue weighted by atomic mass is 32.1. The summed E-state index contributed by atoms with van der Waals surface area (Å²) in [7, 11) is 0. The van der Waals surface area contributed by atoms with Crippen LogP contribution >= 0.6 is 11.3 Å².